The molecule has 0 spiro atoms. The number of rotatable bonds is 5. The lowest BCUT2D eigenvalue weighted by molar-refractivity contribution is 0.262. The number of alkyl halides is 1. The molecule has 3 nitrogen and oxygen atoms in total. The Morgan fingerprint density at radius 3 is 2.81 bits per heavy atom. The van der Waals surface area contributed by atoms with Crippen molar-refractivity contribution in [2.45, 2.75) is 57.9 Å². The molecule has 0 N–H and O–H groups in total. The van der Waals surface area contributed by atoms with E-state index in [4.69, 9.17) is 16.6 Å². The molecule has 4 heteroatoms. The van der Waals surface area contributed by atoms with Crippen molar-refractivity contribution < 1.29 is 0 Å². The topological polar surface area (TPSA) is 30.7 Å². The quantitative estimate of drug-likeness (QED) is 0.747. The Labute approximate surface area is 131 Å². The van der Waals surface area contributed by atoms with Crippen LogP contribution in [0.1, 0.15) is 57.3 Å². The number of aryl methyl sites for hydroxylation is 1. The molecule has 0 radical (unpaired) electrons. The van der Waals surface area contributed by atoms with Crippen LogP contribution >= 0.6 is 11.6 Å². The van der Waals surface area contributed by atoms with Gasteiger partial charge >= 0.3 is 0 Å². The minimum Gasteiger partial charge on any atom is -0.310 e. The number of halogens is 1. The summed E-state index contributed by atoms with van der Waals surface area (Å²) < 4.78 is 2.37. The van der Waals surface area contributed by atoms with Crippen molar-refractivity contribution >= 4 is 22.8 Å². The van der Waals surface area contributed by atoms with E-state index in [1.165, 1.54) is 38.5 Å². The third-order valence-corrected chi connectivity index (χ3v) is 4.91. The fraction of sp³-hybridized carbons (Fsp3) is 0.647. The van der Waals surface area contributed by atoms with E-state index in [-0.39, 0.29) is 0 Å². The fourth-order valence-electron chi connectivity index (χ4n) is 3.72. The molecule has 21 heavy (non-hydrogen) atoms. The van der Waals surface area contributed by atoms with Crippen LogP contribution in [0.15, 0.2) is 18.3 Å². The number of hydrogen-bond acceptors (Lipinski definition) is 2. The van der Waals surface area contributed by atoms with E-state index in [9.17, 15) is 0 Å². The van der Waals surface area contributed by atoms with E-state index >= 15 is 0 Å². The van der Waals surface area contributed by atoms with Crippen molar-refractivity contribution in [3.63, 3.8) is 0 Å². The monoisotopic (exact) mass is 305 g/mol. The van der Waals surface area contributed by atoms with Gasteiger partial charge in [-0.25, -0.2) is 9.97 Å². The first-order valence-corrected chi connectivity index (χ1v) is 8.74. The lowest BCUT2D eigenvalue weighted by Gasteiger charge is -2.30. The van der Waals surface area contributed by atoms with Crippen molar-refractivity contribution in [2.24, 2.45) is 5.92 Å². The van der Waals surface area contributed by atoms with Crippen LogP contribution in [0.3, 0.4) is 0 Å². The standard InChI is InChI=1S/C17H24ClN3/c1-2-4-13-6-8-14(9-7-13)21-16(10-11-18)20-15-5-3-12-19-17(15)21/h3,5,12-14H,2,4,6-11H2,1H3. The fourth-order valence-corrected chi connectivity index (χ4v) is 3.89. The second-order valence-electron chi connectivity index (χ2n) is 6.15. The summed E-state index contributed by atoms with van der Waals surface area (Å²) in [5, 5.41) is 0. The zero-order chi connectivity index (χ0) is 14.7. The van der Waals surface area contributed by atoms with Crippen molar-refractivity contribution in [1.82, 2.24) is 14.5 Å². The van der Waals surface area contributed by atoms with Crippen LogP contribution in [0, 0.1) is 5.92 Å². The van der Waals surface area contributed by atoms with Crippen molar-refractivity contribution in [3.05, 3.63) is 24.2 Å². The SMILES string of the molecule is CCCC1CCC(n2c(CCCl)nc3cccnc32)CC1. The van der Waals surface area contributed by atoms with Crippen LogP contribution in [0.4, 0.5) is 0 Å². The molecule has 0 bridgehead atoms. The average Bonchev–Trinajstić information content (AvgIpc) is 2.87. The summed E-state index contributed by atoms with van der Waals surface area (Å²) in [4.78, 5) is 9.32. The molecule has 1 fully saturated rings. The highest BCUT2D eigenvalue weighted by Crippen LogP contribution is 2.36. The third-order valence-electron chi connectivity index (χ3n) is 4.72. The largest absolute Gasteiger partial charge is 0.310 e. The Kier molecular flexibility index (Phi) is 4.79. The predicted molar refractivity (Wildman–Crippen MR) is 87.9 cm³/mol. The van der Waals surface area contributed by atoms with Gasteiger partial charge in [0.1, 0.15) is 11.3 Å². The average molecular weight is 306 g/mol. The van der Waals surface area contributed by atoms with Crippen molar-refractivity contribution in [2.75, 3.05) is 5.88 Å². The highest BCUT2D eigenvalue weighted by molar-refractivity contribution is 6.17. The molecular weight excluding hydrogens is 282 g/mol. The second-order valence-corrected chi connectivity index (χ2v) is 6.52. The van der Waals surface area contributed by atoms with Crippen LogP contribution in [0.25, 0.3) is 11.2 Å². The maximum absolute atomic E-state index is 5.97. The van der Waals surface area contributed by atoms with Gasteiger partial charge in [-0.05, 0) is 43.7 Å². The molecule has 0 unspecified atom stereocenters. The first-order chi connectivity index (χ1) is 10.3. The smallest absolute Gasteiger partial charge is 0.160 e. The van der Waals surface area contributed by atoms with Crippen LogP contribution < -0.4 is 0 Å². The van der Waals surface area contributed by atoms with E-state index in [2.05, 4.69) is 22.5 Å². The van der Waals surface area contributed by atoms with Gasteiger partial charge < -0.3 is 4.57 Å². The maximum Gasteiger partial charge on any atom is 0.160 e. The Morgan fingerprint density at radius 2 is 2.10 bits per heavy atom. The van der Waals surface area contributed by atoms with Gasteiger partial charge in [-0.15, -0.1) is 11.6 Å². The highest BCUT2D eigenvalue weighted by Gasteiger charge is 2.25. The number of hydrogen-bond donors (Lipinski definition) is 0. The number of nitrogens with zero attached hydrogens (tertiary/aromatic N) is 3. The summed E-state index contributed by atoms with van der Waals surface area (Å²) in [5.41, 5.74) is 2.05. The molecular formula is C17H24ClN3. The summed E-state index contributed by atoms with van der Waals surface area (Å²) >= 11 is 5.97. The zero-order valence-electron chi connectivity index (χ0n) is 12.8. The Bertz CT molecular complexity index is 585. The van der Waals surface area contributed by atoms with Crippen molar-refractivity contribution in [3.8, 4) is 0 Å². The van der Waals surface area contributed by atoms with Crippen LogP contribution in [-0.2, 0) is 6.42 Å². The molecule has 2 aromatic heterocycles. The first kappa shape index (κ1) is 14.8. The molecule has 2 aromatic rings. The van der Waals surface area contributed by atoms with Gasteiger partial charge in [0.05, 0.1) is 0 Å². The van der Waals surface area contributed by atoms with Crippen LogP contribution in [0.2, 0.25) is 0 Å². The number of aromatic nitrogens is 3. The van der Waals surface area contributed by atoms with Gasteiger partial charge in [0, 0.05) is 24.5 Å². The van der Waals surface area contributed by atoms with Crippen LogP contribution in [-0.4, -0.2) is 20.4 Å². The van der Waals surface area contributed by atoms with Gasteiger partial charge in [0.2, 0.25) is 0 Å². The summed E-state index contributed by atoms with van der Waals surface area (Å²) in [6.45, 7) is 2.29. The molecule has 114 valence electrons. The summed E-state index contributed by atoms with van der Waals surface area (Å²) in [6, 6.07) is 4.57. The maximum atomic E-state index is 5.97. The molecule has 0 amide bonds. The number of fused-ring (bicyclic) bond motifs is 1. The molecule has 0 saturated heterocycles. The van der Waals surface area contributed by atoms with Gasteiger partial charge in [0.15, 0.2) is 5.65 Å². The lowest BCUT2D eigenvalue weighted by Crippen LogP contribution is -2.20. The molecule has 0 aromatic carbocycles. The molecule has 1 aliphatic rings. The van der Waals surface area contributed by atoms with Gasteiger partial charge in [-0.2, -0.15) is 0 Å². The summed E-state index contributed by atoms with van der Waals surface area (Å²) in [6.07, 6.45) is 10.6. The normalized spacial score (nSPS) is 22.8. The second kappa shape index (κ2) is 6.78. The Morgan fingerprint density at radius 1 is 1.29 bits per heavy atom. The van der Waals surface area contributed by atoms with Gasteiger partial charge in [0.25, 0.3) is 0 Å². The third kappa shape index (κ3) is 3.08. The number of imidazole rings is 1. The van der Waals surface area contributed by atoms with E-state index in [0.29, 0.717) is 11.9 Å². The Balaban J connectivity index is 1.87. The summed E-state index contributed by atoms with van der Waals surface area (Å²) in [7, 11) is 0. The molecule has 3 rings (SSSR count). The molecule has 0 aliphatic heterocycles. The zero-order valence-corrected chi connectivity index (χ0v) is 13.5. The van der Waals surface area contributed by atoms with E-state index in [0.717, 1.165) is 29.3 Å². The van der Waals surface area contributed by atoms with Gasteiger partial charge in [-0.1, -0.05) is 19.8 Å². The van der Waals surface area contributed by atoms with Crippen LogP contribution in [0.5, 0.6) is 0 Å². The van der Waals surface area contributed by atoms with E-state index in [1.54, 1.807) is 0 Å². The highest BCUT2D eigenvalue weighted by atomic mass is 35.5. The van der Waals surface area contributed by atoms with Crippen molar-refractivity contribution in [1.29, 1.82) is 0 Å². The molecule has 2 heterocycles. The molecule has 1 saturated carbocycles. The van der Waals surface area contributed by atoms with E-state index in [1.807, 2.05) is 12.3 Å². The van der Waals surface area contributed by atoms with Gasteiger partial charge in [-0.3, -0.25) is 0 Å². The number of pyridine rings is 1. The first-order valence-electron chi connectivity index (χ1n) is 8.21. The Hall–Kier alpha value is -1.09. The minimum absolute atomic E-state index is 0.552. The molecule has 1 aliphatic carbocycles. The predicted octanol–water partition coefficient (Wildman–Crippen LogP) is 4.74. The summed E-state index contributed by atoms with van der Waals surface area (Å²) in [5.74, 6) is 2.65. The molecule has 0 atom stereocenters. The lowest BCUT2D eigenvalue weighted by atomic mass is 9.83. The minimum atomic E-state index is 0.552. The van der Waals surface area contributed by atoms with E-state index < -0.39 is 0 Å².